The molecular weight excluding hydrogens is 196 g/mol. The van der Waals surface area contributed by atoms with Gasteiger partial charge in [0.25, 0.3) is 0 Å². The normalized spacial score (nSPS) is 24.0. The van der Waals surface area contributed by atoms with Crippen molar-refractivity contribution < 1.29 is 0 Å². The predicted molar refractivity (Wildman–Crippen MR) is 71.6 cm³/mol. The van der Waals surface area contributed by atoms with Gasteiger partial charge in [-0.25, -0.2) is 0 Å². The van der Waals surface area contributed by atoms with Gasteiger partial charge < -0.3 is 5.73 Å². The van der Waals surface area contributed by atoms with E-state index in [2.05, 4.69) is 25.7 Å². The number of likely N-dealkylation sites (tertiary alicyclic amines) is 1. The van der Waals surface area contributed by atoms with Crippen molar-refractivity contribution in [3.8, 4) is 0 Å². The number of unbranched alkanes of at least 4 members (excludes halogenated alkanes) is 1. The molecule has 16 heavy (non-hydrogen) atoms. The quantitative estimate of drug-likeness (QED) is 0.781. The maximum absolute atomic E-state index is 5.92. The van der Waals surface area contributed by atoms with Crippen molar-refractivity contribution in [2.75, 3.05) is 19.6 Å². The Hall–Kier alpha value is -0.0800. The van der Waals surface area contributed by atoms with Crippen molar-refractivity contribution >= 4 is 0 Å². The lowest BCUT2D eigenvalue weighted by Gasteiger charge is -2.30. The first-order chi connectivity index (χ1) is 7.59. The van der Waals surface area contributed by atoms with Crippen LogP contribution >= 0.6 is 0 Å². The molecule has 0 spiro atoms. The molecule has 2 heteroatoms. The first kappa shape index (κ1) is 14.0. The Kier molecular flexibility index (Phi) is 5.77. The summed E-state index contributed by atoms with van der Waals surface area (Å²) in [6.45, 7) is 10.4. The lowest BCUT2D eigenvalue weighted by Crippen LogP contribution is -2.41. The van der Waals surface area contributed by atoms with Crippen LogP contribution < -0.4 is 5.73 Å². The van der Waals surface area contributed by atoms with Crippen LogP contribution in [0.4, 0.5) is 0 Å². The van der Waals surface area contributed by atoms with E-state index >= 15 is 0 Å². The third-order valence-corrected chi connectivity index (χ3v) is 4.05. The maximum atomic E-state index is 5.92. The Bertz CT molecular complexity index is 189. The van der Waals surface area contributed by atoms with Crippen LogP contribution in [0.25, 0.3) is 0 Å². The van der Waals surface area contributed by atoms with Crippen LogP contribution in [0.15, 0.2) is 0 Å². The molecule has 2 N–H and O–H groups in total. The molecule has 0 aromatic rings. The van der Waals surface area contributed by atoms with Gasteiger partial charge in [0.15, 0.2) is 0 Å². The van der Waals surface area contributed by atoms with E-state index in [0.29, 0.717) is 11.5 Å². The Morgan fingerprint density at radius 3 is 2.62 bits per heavy atom. The van der Waals surface area contributed by atoms with Gasteiger partial charge in [-0.3, -0.25) is 4.90 Å². The summed E-state index contributed by atoms with van der Waals surface area (Å²) in [5.74, 6) is 0. The number of nitrogens with two attached hydrogens (primary N) is 1. The molecule has 0 aromatic heterocycles. The van der Waals surface area contributed by atoms with Gasteiger partial charge >= 0.3 is 0 Å². The number of hydrogen-bond acceptors (Lipinski definition) is 2. The molecule has 1 atom stereocenters. The number of nitrogens with zero attached hydrogens (tertiary/aromatic N) is 1. The third kappa shape index (κ3) is 4.42. The van der Waals surface area contributed by atoms with E-state index in [9.17, 15) is 0 Å². The highest BCUT2D eigenvalue weighted by Crippen LogP contribution is 2.30. The standard InChI is InChI=1S/C14H30N2/c1-4-5-7-13(12-15)16-10-6-8-14(2,3)9-11-16/h13H,4-12,15H2,1-3H3. The topological polar surface area (TPSA) is 29.3 Å². The van der Waals surface area contributed by atoms with Gasteiger partial charge in [-0.2, -0.15) is 0 Å². The minimum Gasteiger partial charge on any atom is -0.329 e. The number of rotatable bonds is 5. The van der Waals surface area contributed by atoms with Crippen molar-refractivity contribution in [3.63, 3.8) is 0 Å². The van der Waals surface area contributed by atoms with Crippen molar-refractivity contribution in [2.45, 2.75) is 65.3 Å². The molecule has 1 unspecified atom stereocenters. The van der Waals surface area contributed by atoms with Crippen LogP contribution in [0.3, 0.4) is 0 Å². The van der Waals surface area contributed by atoms with Crippen LogP contribution in [-0.4, -0.2) is 30.6 Å². The molecule has 0 bridgehead atoms. The Morgan fingerprint density at radius 2 is 2.00 bits per heavy atom. The summed E-state index contributed by atoms with van der Waals surface area (Å²) in [5.41, 5.74) is 6.46. The molecule has 0 aromatic carbocycles. The van der Waals surface area contributed by atoms with Crippen molar-refractivity contribution in [1.29, 1.82) is 0 Å². The molecule has 1 fully saturated rings. The highest BCUT2D eigenvalue weighted by atomic mass is 15.2. The summed E-state index contributed by atoms with van der Waals surface area (Å²) in [6, 6.07) is 0.633. The average Bonchev–Trinajstić information content (AvgIpc) is 2.41. The van der Waals surface area contributed by atoms with E-state index in [1.54, 1.807) is 0 Å². The molecule has 1 aliphatic rings. The van der Waals surface area contributed by atoms with E-state index in [0.717, 1.165) is 6.54 Å². The summed E-state index contributed by atoms with van der Waals surface area (Å²) >= 11 is 0. The zero-order valence-corrected chi connectivity index (χ0v) is 11.5. The predicted octanol–water partition coefficient (Wildman–Crippen LogP) is 3.02. The van der Waals surface area contributed by atoms with Crippen molar-refractivity contribution in [2.24, 2.45) is 11.1 Å². The minimum absolute atomic E-state index is 0.540. The molecule has 0 radical (unpaired) electrons. The second-order valence-corrected chi connectivity index (χ2v) is 6.09. The number of hydrogen-bond donors (Lipinski definition) is 1. The van der Waals surface area contributed by atoms with E-state index in [1.807, 2.05) is 0 Å². The molecule has 0 aliphatic carbocycles. The van der Waals surface area contributed by atoms with Gasteiger partial charge in [-0.05, 0) is 44.2 Å². The average molecular weight is 226 g/mol. The van der Waals surface area contributed by atoms with Gasteiger partial charge in [0.2, 0.25) is 0 Å². The largest absolute Gasteiger partial charge is 0.329 e. The second-order valence-electron chi connectivity index (χ2n) is 6.09. The molecule has 1 rings (SSSR count). The fraction of sp³-hybridized carbons (Fsp3) is 1.00. The van der Waals surface area contributed by atoms with E-state index in [-0.39, 0.29) is 0 Å². The van der Waals surface area contributed by atoms with Gasteiger partial charge in [-0.1, -0.05) is 33.6 Å². The van der Waals surface area contributed by atoms with Crippen LogP contribution in [0.2, 0.25) is 0 Å². The van der Waals surface area contributed by atoms with Crippen LogP contribution in [0.1, 0.15) is 59.3 Å². The molecule has 1 heterocycles. The van der Waals surface area contributed by atoms with E-state index in [4.69, 9.17) is 5.73 Å². The highest BCUT2D eigenvalue weighted by Gasteiger charge is 2.25. The molecular formula is C14H30N2. The van der Waals surface area contributed by atoms with E-state index in [1.165, 1.54) is 51.6 Å². The molecule has 96 valence electrons. The van der Waals surface area contributed by atoms with Crippen LogP contribution in [-0.2, 0) is 0 Å². The Labute approximate surface area is 102 Å². The summed E-state index contributed by atoms with van der Waals surface area (Å²) < 4.78 is 0. The van der Waals surface area contributed by atoms with Gasteiger partial charge in [0.05, 0.1) is 0 Å². The molecule has 0 amide bonds. The SMILES string of the molecule is CCCCC(CN)N1CCCC(C)(C)CC1. The first-order valence-electron chi connectivity index (χ1n) is 7.03. The van der Waals surface area contributed by atoms with Gasteiger partial charge in [0, 0.05) is 12.6 Å². The highest BCUT2D eigenvalue weighted by molar-refractivity contribution is 4.80. The lowest BCUT2D eigenvalue weighted by molar-refractivity contribution is 0.187. The van der Waals surface area contributed by atoms with Crippen molar-refractivity contribution in [3.05, 3.63) is 0 Å². The zero-order valence-electron chi connectivity index (χ0n) is 11.5. The third-order valence-electron chi connectivity index (χ3n) is 4.05. The smallest absolute Gasteiger partial charge is 0.0218 e. The summed E-state index contributed by atoms with van der Waals surface area (Å²) in [4.78, 5) is 2.64. The summed E-state index contributed by atoms with van der Waals surface area (Å²) in [7, 11) is 0. The minimum atomic E-state index is 0.540. The lowest BCUT2D eigenvalue weighted by atomic mass is 9.85. The summed E-state index contributed by atoms with van der Waals surface area (Å²) in [6.07, 6.45) is 7.94. The first-order valence-corrected chi connectivity index (χ1v) is 7.03. The molecule has 1 saturated heterocycles. The van der Waals surface area contributed by atoms with Crippen molar-refractivity contribution in [1.82, 2.24) is 4.90 Å². The monoisotopic (exact) mass is 226 g/mol. The Morgan fingerprint density at radius 1 is 1.25 bits per heavy atom. The zero-order chi connectivity index (χ0) is 12.0. The fourth-order valence-electron chi connectivity index (χ4n) is 2.70. The second kappa shape index (κ2) is 6.61. The van der Waals surface area contributed by atoms with Crippen LogP contribution in [0, 0.1) is 5.41 Å². The molecule has 1 aliphatic heterocycles. The fourth-order valence-corrected chi connectivity index (χ4v) is 2.70. The Balaban J connectivity index is 2.44. The van der Waals surface area contributed by atoms with Gasteiger partial charge in [0.1, 0.15) is 0 Å². The summed E-state index contributed by atoms with van der Waals surface area (Å²) in [5, 5.41) is 0. The molecule has 2 nitrogen and oxygen atoms in total. The van der Waals surface area contributed by atoms with E-state index < -0.39 is 0 Å². The van der Waals surface area contributed by atoms with Crippen LogP contribution in [0.5, 0.6) is 0 Å². The molecule has 0 saturated carbocycles. The van der Waals surface area contributed by atoms with Gasteiger partial charge in [-0.15, -0.1) is 0 Å². The maximum Gasteiger partial charge on any atom is 0.0218 e.